The van der Waals surface area contributed by atoms with Crippen molar-refractivity contribution in [2.75, 3.05) is 0 Å². The highest BCUT2D eigenvalue weighted by Crippen LogP contribution is 2.26. The van der Waals surface area contributed by atoms with E-state index < -0.39 is 0 Å². The molecule has 0 spiro atoms. The third-order valence-corrected chi connectivity index (χ3v) is 3.40. The maximum Gasteiger partial charge on any atom is 0.127 e. The van der Waals surface area contributed by atoms with E-state index in [1.165, 1.54) is 6.07 Å². The summed E-state index contributed by atoms with van der Waals surface area (Å²) in [6.45, 7) is 2.00. The zero-order valence-corrected chi connectivity index (χ0v) is 11.4. The van der Waals surface area contributed by atoms with Gasteiger partial charge < -0.3 is 4.42 Å². The van der Waals surface area contributed by atoms with Crippen LogP contribution in [0.15, 0.2) is 34.7 Å². The van der Waals surface area contributed by atoms with Crippen LogP contribution in [0.3, 0.4) is 0 Å². The molecule has 1 heterocycles. The Morgan fingerprint density at radius 3 is 2.74 bits per heavy atom. The SMILES string of the molecule is CCc1ccc(C(Cc2c(F)cccc2Cl)NN)o1. The van der Waals surface area contributed by atoms with E-state index in [2.05, 4.69) is 5.43 Å². The van der Waals surface area contributed by atoms with E-state index in [0.29, 0.717) is 22.8 Å². The van der Waals surface area contributed by atoms with Crippen LogP contribution < -0.4 is 11.3 Å². The van der Waals surface area contributed by atoms with Crippen molar-refractivity contribution in [3.63, 3.8) is 0 Å². The van der Waals surface area contributed by atoms with Gasteiger partial charge in [0, 0.05) is 23.4 Å². The van der Waals surface area contributed by atoms with Crippen LogP contribution in [-0.4, -0.2) is 0 Å². The van der Waals surface area contributed by atoms with E-state index in [1.807, 2.05) is 19.1 Å². The van der Waals surface area contributed by atoms with E-state index in [1.54, 1.807) is 12.1 Å². The van der Waals surface area contributed by atoms with Crippen LogP contribution in [-0.2, 0) is 12.8 Å². The summed E-state index contributed by atoms with van der Waals surface area (Å²) in [5.74, 6) is 6.74. The minimum absolute atomic E-state index is 0.310. The summed E-state index contributed by atoms with van der Waals surface area (Å²) in [5.41, 5.74) is 3.07. The standard InChI is InChI=1S/C14H16ClFN2O/c1-2-9-6-7-14(19-9)13(18-17)8-10-11(15)4-3-5-12(10)16/h3-7,13,18H,2,8,17H2,1H3. The molecule has 1 unspecified atom stereocenters. The maximum absolute atomic E-state index is 13.8. The second-order valence-corrected chi connectivity index (χ2v) is 4.69. The first kappa shape index (κ1) is 14.1. The summed E-state index contributed by atoms with van der Waals surface area (Å²) in [5, 5.41) is 0.391. The molecule has 0 radical (unpaired) electrons. The topological polar surface area (TPSA) is 51.2 Å². The number of hydrogen-bond acceptors (Lipinski definition) is 3. The van der Waals surface area contributed by atoms with E-state index >= 15 is 0 Å². The number of aryl methyl sites for hydroxylation is 1. The Labute approximate surface area is 116 Å². The van der Waals surface area contributed by atoms with Gasteiger partial charge >= 0.3 is 0 Å². The van der Waals surface area contributed by atoms with Crippen molar-refractivity contribution in [3.05, 3.63) is 58.3 Å². The fourth-order valence-corrected chi connectivity index (χ4v) is 2.19. The second-order valence-electron chi connectivity index (χ2n) is 4.28. The lowest BCUT2D eigenvalue weighted by atomic mass is 10.0. The van der Waals surface area contributed by atoms with Gasteiger partial charge in [0.05, 0.1) is 6.04 Å². The third-order valence-electron chi connectivity index (χ3n) is 3.05. The molecule has 0 aliphatic heterocycles. The van der Waals surface area contributed by atoms with Gasteiger partial charge in [-0.05, 0) is 24.3 Å². The molecule has 0 saturated heterocycles. The zero-order valence-electron chi connectivity index (χ0n) is 10.6. The first-order valence-corrected chi connectivity index (χ1v) is 6.51. The highest BCUT2D eigenvalue weighted by molar-refractivity contribution is 6.31. The van der Waals surface area contributed by atoms with Crippen molar-refractivity contribution in [2.24, 2.45) is 5.84 Å². The lowest BCUT2D eigenvalue weighted by molar-refractivity contribution is 0.393. The van der Waals surface area contributed by atoms with Gasteiger partial charge in [-0.2, -0.15) is 0 Å². The highest BCUT2D eigenvalue weighted by Gasteiger charge is 2.18. The second kappa shape index (κ2) is 6.19. The Hall–Kier alpha value is -1.36. The van der Waals surface area contributed by atoms with Crippen molar-refractivity contribution in [1.82, 2.24) is 5.43 Å². The molecule has 2 rings (SSSR count). The zero-order chi connectivity index (χ0) is 13.8. The number of hydrazine groups is 1. The first-order chi connectivity index (χ1) is 9.15. The molecule has 0 amide bonds. The van der Waals surface area contributed by atoms with Gasteiger partial charge in [0.2, 0.25) is 0 Å². The minimum atomic E-state index is -0.338. The summed E-state index contributed by atoms with van der Waals surface area (Å²) >= 11 is 6.01. The number of halogens is 2. The molecule has 1 atom stereocenters. The molecule has 0 aliphatic rings. The molecular formula is C14H16ClFN2O. The fourth-order valence-electron chi connectivity index (χ4n) is 1.94. The molecule has 1 aromatic carbocycles. The van der Waals surface area contributed by atoms with Crippen LogP contribution in [0.4, 0.5) is 4.39 Å². The van der Waals surface area contributed by atoms with Crippen LogP contribution >= 0.6 is 11.6 Å². The summed E-state index contributed by atoms with van der Waals surface area (Å²) in [4.78, 5) is 0. The summed E-state index contributed by atoms with van der Waals surface area (Å²) in [6.07, 6.45) is 1.14. The third kappa shape index (κ3) is 3.15. The predicted molar refractivity (Wildman–Crippen MR) is 73.3 cm³/mol. The van der Waals surface area contributed by atoms with Crippen molar-refractivity contribution >= 4 is 11.6 Å². The van der Waals surface area contributed by atoms with E-state index in [-0.39, 0.29) is 11.9 Å². The summed E-state index contributed by atoms with van der Waals surface area (Å²) < 4.78 is 19.4. The molecule has 5 heteroatoms. The van der Waals surface area contributed by atoms with Gasteiger partial charge in [0.1, 0.15) is 17.3 Å². The molecular weight excluding hydrogens is 267 g/mol. The Morgan fingerprint density at radius 2 is 2.16 bits per heavy atom. The minimum Gasteiger partial charge on any atom is -0.464 e. The number of nitrogens with one attached hydrogen (secondary N) is 1. The molecule has 19 heavy (non-hydrogen) atoms. The lowest BCUT2D eigenvalue weighted by Gasteiger charge is -2.15. The monoisotopic (exact) mass is 282 g/mol. The van der Waals surface area contributed by atoms with Gasteiger partial charge in [0.15, 0.2) is 0 Å². The average molecular weight is 283 g/mol. The quantitative estimate of drug-likeness (QED) is 0.653. The van der Waals surface area contributed by atoms with Gasteiger partial charge in [0.25, 0.3) is 0 Å². The molecule has 1 aromatic heterocycles. The number of nitrogens with two attached hydrogens (primary N) is 1. The van der Waals surface area contributed by atoms with Gasteiger partial charge in [-0.1, -0.05) is 24.6 Å². The molecule has 0 saturated carbocycles. The molecule has 102 valence electrons. The van der Waals surface area contributed by atoms with Crippen molar-refractivity contribution < 1.29 is 8.81 Å². The van der Waals surface area contributed by atoms with Gasteiger partial charge in [-0.3, -0.25) is 5.84 Å². The molecule has 0 bridgehead atoms. The van der Waals surface area contributed by atoms with Crippen molar-refractivity contribution in [1.29, 1.82) is 0 Å². The van der Waals surface area contributed by atoms with Crippen LogP contribution in [0.2, 0.25) is 5.02 Å². The number of hydrogen-bond donors (Lipinski definition) is 2. The van der Waals surface area contributed by atoms with Crippen molar-refractivity contribution in [2.45, 2.75) is 25.8 Å². The molecule has 0 aliphatic carbocycles. The average Bonchev–Trinajstić information content (AvgIpc) is 2.87. The smallest absolute Gasteiger partial charge is 0.127 e. The van der Waals surface area contributed by atoms with E-state index in [0.717, 1.165) is 12.2 Å². The largest absolute Gasteiger partial charge is 0.464 e. The van der Waals surface area contributed by atoms with Gasteiger partial charge in [-0.15, -0.1) is 0 Å². The Balaban J connectivity index is 2.24. The Bertz CT molecular complexity index is 536. The molecule has 3 N–H and O–H groups in total. The van der Waals surface area contributed by atoms with E-state index in [4.69, 9.17) is 21.9 Å². The molecule has 2 aromatic rings. The van der Waals surface area contributed by atoms with Crippen LogP contribution in [0.5, 0.6) is 0 Å². The highest BCUT2D eigenvalue weighted by atomic mass is 35.5. The van der Waals surface area contributed by atoms with Crippen LogP contribution in [0.1, 0.15) is 30.0 Å². The van der Waals surface area contributed by atoms with Gasteiger partial charge in [-0.25, -0.2) is 9.82 Å². The Kier molecular flexibility index (Phi) is 4.58. The number of rotatable bonds is 5. The maximum atomic E-state index is 13.8. The number of benzene rings is 1. The van der Waals surface area contributed by atoms with E-state index in [9.17, 15) is 4.39 Å². The fraction of sp³-hybridized carbons (Fsp3) is 0.286. The van der Waals surface area contributed by atoms with Crippen LogP contribution in [0.25, 0.3) is 0 Å². The normalized spacial score (nSPS) is 12.6. The van der Waals surface area contributed by atoms with Crippen molar-refractivity contribution in [3.8, 4) is 0 Å². The molecule has 0 fully saturated rings. The Morgan fingerprint density at radius 1 is 1.37 bits per heavy atom. The van der Waals surface area contributed by atoms with Crippen LogP contribution in [0, 0.1) is 5.82 Å². The number of furan rings is 1. The predicted octanol–water partition coefficient (Wildman–Crippen LogP) is 3.38. The lowest BCUT2D eigenvalue weighted by Crippen LogP contribution is -2.29. The summed E-state index contributed by atoms with van der Waals surface area (Å²) in [6, 6.07) is 8.05. The molecule has 3 nitrogen and oxygen atoms in total. The summed E-state index contributed by atoms with van der Waals surface area (Å²) in [7, 11) is 0. The first-order valence-electron chi connectivity index (χ1n) is 6.13.